The number of nitrogens with zero attached hydrogens (tertiary/aromatic N) is 3. The third-order valence-electron chi connectivity index (χ3n) is 3.00. The summed E-state index contributed by atoms with van der Waals surface area (Å²) in [5.74, 6) is 0. The molecule has 0 unspecified atom stereocenters. The van der Waals surface area contributed by atoms with Crippen LogP contribution in [0.3, 0.4) is 0 Å². The number of nitro benzene ring substituents is 1. The highest BCUT2D eigenvalue weighted by molar-refractivity contribution is 8.93. The highest BCUT2D eigenvalue weighted by Crippen LogP contribution is 2.22. The van der Waals surface area contributed by atoms with Gasteiger partial charge in [0.05, 0.1) is 22.5 Å². The average molecular weight is 368 g/mol. The number of non-ortho nitro benzene ring substituents is 1. The van der Waals surface area contributed by atoms with E-state index in [1.54, 1.807) is 23.1 Å². The van der Waals surface area contributed by atoms with Gasteiger partial charge in [0, 0.05) is 30.1 Å². The maximum Gasteiger partial charge on any atom is 0.314 e. The second-order valence-electron chi connectivity index (χ2n) is 4.40. The van der Waals surface area contributed by atoms with Gasteiger partial charge in [-0.3, -0.25) is 24.4 Å². The molecule has 0 radical (unpaired) electrons. The predicted molar refractivity (Wildman–Crippen MR) is 83.5 cm³/mol. The summed E-state index contributed by atoms with van der Waals surface area (Å²) in [7, 11) is 0. The van der Waals surface area contributed by atoms with Crippen LogP contribution in [0.5, 0.6) is 0 Å². The van der Waals surface area contributed by atoms with Crippen molar-refractivity contribution in [2.24, 2.45) is 0 Å². The van der Waals surface area contributed by atoms with Gasteiger partial charge in [-0.15, -0.1) is 17.0 Å². The van der Waals surface area contributed by atoms with Crippen molar-refractivity contribution in [2.45, 2.75) is 6.54 Å². The van der Waals surface area contributed by atoms with Crippen molar-refractivity contribution >= 4 is 33.7 Å². The summed E-state index contributed by atoms with van der Waals surface area (Å²) in [6.07, 6.45) is 3.26. The zero-order chi connectivity index (χ0) is 15.0. The van der Waals surface area contributed by atoms with E-state index in [-0.39, 0.29) is 34.7 Å². The number of rotatable bonds is 3. The number of nitrogens with one attached hydrogen (secondary N) is 2. The van der Waals surface area contributed by atoms with Gasteiger partial charge in [0.25, 0.3) is 5.69 Å². The summed E-state index contributed by atoms with van der Waals surface area (Å²) in [6.45, 7) is 0.229. The second kappa shape index (κ2) is 5.93. The molecule has 114 valence electrons. The first-order valence-corrected chi connectivity index (χ1v) is 5.95. The van der Waals surface area contributed by atoms with Crippen LogP contribution in [0, 0.1) is 10.1 Å². The molecule has 3 aromatic rings. The molecule has 0 saturated heterocycles. The van der Waals surface area contributed by atoms with Gasteiger partial charge >= 0.3 is 11.1 Å². The molecule has 0 aliphatic rings. The van der Waals surface area contributed by atoms with Crippen molar-refractivity contribution in [2.75, 3.05) is 0 Å². The van der Waals surface area contributed by atoms with Crippen LogP contribution in [0.1, 0.15) is 5.56 Å². The topological polar surface area (TPSA) is 127 Å². The van der Waals surface area contributed by atoms with E-state index in [0.29, 0.717) is 11.1 Å². The summed E-state index contributed by atoms with van der Waals surface area (Å²) < 4.78 is 1.56. The number of hydrogen-bond acceptors (Lipinski definition) is 5. The molecular formula is C12H10BrN5O4. The Morgan fingerprint density at radius 2 is 1.95 bits per heavy atom. The molecule has 0 amide bonds. The number of hydrogen-bond donors (Lipinski definition) is 2. The van der Waals surface area contributed by atoms with Crippen LogP contribution in [-0.4, -0.2) is 24.7 Å². The molecule has 9 nitrogen and oxygen atoms in total. The molecule has 2 aromatic heterocycles. The fourth-order valence-corrected chi connectivity index (χ4v) is 2.08. The zero-order valence-corrected chi connectivity index (χ0v) is 12.7. The van der Waals surface area contributed by atoms with Crippen molar-refractivity contribution in [3.05, 3.63) is 67.0 Å². The average Bonchev–Trinajstić information content (AvgIpc) is 2.93. The van der Waals surface area contributed by atoms with Crippen LogP contribution >= 0.6 is 17.0 Å². The van der Waals surface area contributed by atoms with Crippen molar-refractivity contribution in [3.63, 3.8) is 0 Å². The molecule has 2 N–H and O–H groups in total. The van der Waals surface area contributed by atoms with Crippen molar-refractivity contribution in [3.8, 4) is 0 Å². The molecule has 0 bridgehead atoms. The van der Waals surface area contributed by atoms with Crippen molar-refractivity contribution < 1.29 is 4.92 Å². The first-order chi connectivity index (χ1) is 10.0. The van der Waals surface area contributed by atoms with Crippen molar-refractivity contribution in [1.29, 1.82) is 0 Å². The molecule has 0 saturated carbocycles. The molecule has 0 aliphatic carbocycles. The van der Waals surface area contributed by atoms with Gasteiger partial charge in [0.2, 0.25) is 0 Å². The second-order valence-corrected chi connectivity index (χ2v) is 4.40. The number of H-pyrrole nitrogens is 2. The van der Waals surface area contributed by atoms with Gasteiger partial charge in [-0.1, -0.05) is 0 Å². The summed E-state index contributed by atoms with van der Waals surface area (Å²) in [6, 6.07) is 4.27. The van der Waals surface area contributed by atoms with Crippen LogP contribution in [0.2, 0.25) is 0 Å². The van der Waals surface area contributed by atoms with E-state index in [9.17, 15) is 19.7 Å². The number of benzene rings is 1. The van der Waals surface area contributed by atoms with E-state index in [4.69, 9.17) is 0 Å². The summed E-state index contributed by atoms with van der Waals surface area (Å²) in [5, 5.41) is 15.0. The third-order valence-corrected chi connectivity index (χ3v) is 3.00. The molecule has 0 aliphatic heterocycles. The van der Waals surface area contributed by atoms with Crippen LogP contribution in [0.15, 0.2) is 40.2 Å². The summed E-state index contributed by atoms with van der Waals surface area (Å²) >= 11 is 0. The molecule has 2 heterocycles. The largest absolute Gasteiger partial charge is 0.316 e. The van der Waals surface area contributed by atoms with Crippen LogP contribution < -0.4 is 11.1 Å². The Hall–Kier alpha value is -2.75. The van der Waals surface area contributed by atoms with E-state index >= 15 is 0 Å². The predicted octanol–water partition coefficient (Wildman–Crippen LogP) is 0.947. The van der Waals surface area contributed by atoms with E-state index in [0.717, 1.165) is 0 Å². The van der Waals surface area contributed by atoms with E-state index in [1.807, 2.05) is 0 Å². The lowest BCUT2D eigenvalue weighted by Gasteiger charge is -2.06. The third kappa shape index (κ3) is 2.81. The van der Waals surface area contributed by atoms with E-state index in [1.165, 1.54) is 12.1 Å². The minimum atomic E-state index is -0.854. The standard InChI is InChI=1S/C12H9N5O4.BrH/c18-11-12(19)15-10-7(6-16-3-1-2-13-16)4-8(17(20)21)5-9(10)14-11;/h1-5H,6H2,(H,14,18)(H,15,19);1H. The molecule has 10 heteroatoms. The molecule has 1 aromatic carbocycles. The Bertz CT molecular complexity index is 944. The number of halogens is 1. The van der Waals surface area contributed by atoms with Gasteiger partial charge in [-0.05, 0) is 6.07 Å². The highest BCUT2D eigenvalue weighted by atomic mass is 79.9. The minimum absolute atomic E-state index is 0. The first kappa shape index (κ1) is 15.6. The Balaban J connectivity index is 0.00000176. The number of aromatic amines is 2. The maximum absolute atomic E-state index is 11.5. The summed E-state index contributed by atoms with van der Waals surface area (Å²) in [4.78, 5) is 38.0. The van der Waals surface area contributed by atoms with Crippen molar-refractivity contribution in [1.82, 2.24) is 19.7 Å². The number of nitro groups is 1. The Morgan fingerprint density at radius 3 is 2.59 bits per heavy atom. The Kier molecular flexibility index (Phi) is 4.22. The molecule has 0 atom stereocenters. The zero-order valence-electron chi connectivity index (χ0n) is 11.0. The van der Waals surface area contributed by atoms with Gasteiger partial charge in [0.15, 0.2) is 0 Å². The van der Waals surface area contributed by atoms with Gasteiger partial charge in [-0.2, -0.15) is 5.10 Å². The smallest absolute Gasteiger partial charge is 0.314 e. The SMILES string of the molecule is Br.O=c1[nH]c2cc([N+](=O)[O-])cc(Cn3cccn3)c2[nH]c1=O. The molecule has 3 rings (SSSR count). The maximum atomic E-state index is 11.5. The monoisotopic (exact) mass is 367 g/mol. The fraction of sp³-hybridized carbons (Fsp3) is 0.0833. The van der Waals surface area contributed by atoms with Gasteiger partial charge in [-0.25, -0.2) is 0 Å². The molecular weight excluding hydrogens is 358 g/mol. The summed E-state index contributed by atoms with van der Waals surface area (Å²) in [5.41, 5.74) is -0.800. The Morgan fingerprint density at radius 1 is 1.23 bits per heavy atom. The number of aromatic nitrogens is 4. The quantitative estimate of drug-likeness (QED) is 0.404. The number of fused-ring (bicyclic) bond motifs is 1. The lowest BCUT2D eigenvalue weighted by Crippen LogP contribution is -2.29. The van der Waals surface area contributed by atoms with Gasteiger partial charge < -0.3 is 9.97 Å². The molecule has 0 fully saturated rings. The lowest BCUT2D eigenvalue weighted by atomic mass is 10.1. The van der Waals surface area contributed by atoms with Crippen LogP contribution in [0.4, 0.5) is 5.69 Å². The van der Waals surface area contributed by atoms with E-state index in [2.05, 4.69) is 15.1 Å². The normalized spacial score (nSPS) is 10.4. The fourth-order valence-electron chi connectivity index (χ4n) is 2.08. The van der Waals surface area contributed by atoms with E-state index < -0.39 is 16.0 Å². The van der Waals surface area contributed by atoms with Crippen LogP contribution in [0.25, 0.3) is 11.0 Å². The molecule has 0 spiro atoms. The minimum Gasteiger partial charge on any atom is -0.316 e. The first-order valence-electron chi connectivity index (χ1n) is 5.95. The highest BCUT2D eigenvalue weighted by Gasteiger charge is 2.14. The molecule has 22 heavy (non-hydrogen) atoms. The van der Waals surface area contributed by atoms with Crippen LogP contribution in [-0.2, 0) is 6.54 Å². The lowest BCUT2D eigenvalue weighted by molar-refractivity contribution is -0.384. The van der Waals surface area contributed by atoms with Gasteiger partial charge in [0.1, 0.15) is 0 Å². The Labute approximate surface area is 132 Å².